The number of sulfonamides is 1. The van der Waals surface area contributed by atoms with E-state index in [9.17, 15) is 12.8 Å². The van der Waals surface area contributed by atoms with Gasteiger partial charge in [-0.05, 0) is 58.0 Å². The largest absolute Gasteiger partial charge is 0.457 e. The van der Waals surface area contributed by atoms with Gasteiger partial charge in [-0.3, -0.25) is 0 Å². The minimum absolute atomic E-state index is 0. The predicted octanol–water partition coefficient (Wildman–Crippen LogP) is 3.97. The van der Waals surface area contributed by atoms with Gasteiger partial charge in [-0.1, -0.05) is 37.8 Å². The van der Waals surface area contributed by atoms with Crippen molar-refractivity contribution in [2.45, 2.75) is 51.5 Å². The third kappa shape index (κ3) is 6.13. The highest BCUT2D eigenvalue weighted by Gasteiger charge is 2.47. The fraction of sp³-hybridized carbons (Fsp3) is 0.500. The molecular weight excluding hydrogens is 467 g/mol. The maximum absolute atomic E-state index is 14.1. The number of halogens is 1. The van der Waals surface area contributed by atoms with E-state index in [-0.39, 0.29) is 13.4 Å². The van der Waals surface area contributed by atoms with Crippen LogP contribution in [-0.2, 0) is 21.2 Å². The molecule has 0 aliphatic carbocycles. The molecule has 1 unspecified atom stereocenters. The summed E-state index contributed by atoms with van der Waals surface area (Å²) in [6, 6.07) is 13.7. The highest BCUT2D eigenvalue weighted by molar-refractivity contribution is 7.90. The van der Waals surface area contributed by atoms with Crippen molar-refractivity contribution < 1.29 is 17.5 Å². The molecule has 0 amide bonds. The van der Waals surface area contributed by atoms with Gasteiger partial charge < -0.3 is 14.5 Å². The van der Waals surface area contributed by atoms with Gasteiger partial charge in [0.1, 0.15) is 16.7 Å². The van der Waals surface area contributed by atoms with E-state index in [4.69, 9.17) is 4.74 Å². The minimum Gasteiger partial charge on any atom is -0.457 e. The average Bonchev–Trinajstić information content (AvgIpc) is 2.77. The molecule has 0 radical (unpaired) electrons. The predicted molar refractivity (Wildman–Crippen MR) is 140 cm³/mol. The van der Waals surface area contributed by atoms with Gasteiger partial charge in [0, 0.05) is 37.4 Å². The zero-order valence-corrected chi connectivity index (χ0v) is 21.0. The zero-order chi connectivity index (χ0) is 24.5. The summed E-state index contributed by atoms with van der Waals surface area (Å²) in [7, 11) is -1.64. The van der Waals surface area contributed by atoms with E-state index in [1.165, 1.54) is 6.07 Å². The van der Waals surface area contributed by atoms with Crippen LogP contribution in [0.4, 0.5) is 10.1 Å². The van der Waals surface area contributed by atoms with Crippen molar-refractivity contribution in [3.8, 4) is 0 Å². The van der Waals surface area contributed by atoms with Crippen LogP contribution < -0.4 is 9.62 Å². The summed E-state index contributed by atoms with van der Waals surface area (Å²) in [5.74, 6) is -0.393. The van der Waals surface area contributed by atoms with Crippen molar-refractivity contribution in [3.05, 3.63) is 65.5 Å². The molecule has 2 aromatic carbocycles. The van der Waals surface area contributed by atoms with E-state index in [0.29, 0.717) is 12.0 Å². The maximum Gasteiger partial charge on any atom is 0.299 e. The van der Waals surface area contributed by atoms with Gasteiger partial charge in [-0.2, -0.15) is 0 Å². The van der Waals surface area contributed by atoms with E-state index in [1.807, 2.05) is 12.1 Å². The lowest BCUT2D eigenvalue weighted by molar-refractivity contribution is 0.0762. The Balaban J connectivity index is 0.00000342. The van der Waals surface area contributed by atoms with E-state index in [1.54, 1.807) is 39.0 Å². The molecule has 2 heterocycles. The van der Waals surface area contributed by atoms with Crippen LogP contribution in [0.2, 0.25) is 0 Å². The smallest absolute Gasteiger partial charge is 0.299 e. The van der Waals surface area contributed by atoms with Crippen LogP contribution in [0.3, 0.4) is 0 Å². The van der Waals surface area contributed by atoms with Gasteiger partial charge in [-0.15, -0.1) is 0 Å². The van der Waals surface area contributed by atoms with Gasteiger partial charge >= 0.3 is 0 Å². The summed E-state index contributed by atoms with van der Waals surface area (Å²) in [5.41, 5.74) is 1.42. The van der Waals surface area contributed by atoms with Crippen molar-refractivity contribution in [2.75, 3.05) is 38.1 Å². The molecule has 2 aliphatic heterocycles. The van der Waals surface area contributed by atoms with Crippen molar-refractivity contribution in [1.29, 1.82) is 0 Å². The number of nitrogens with zero attached hydrogens (tertiary/aromatic N) is 3. The van der Waals surface area contributed by atoms with Crippen LogP contribution in [0.5, 0.6) is 0 Å². The third-order valence-corrected chi connectivity index (χ3v) is 8.57. The van der Waals surface area contributed by atoms with Crippen LogP contribution >= 0.6 is 0 Å². The molecule has 7 nitrogen and oxygen atoms in total. The molecule has 192 valence electrons. The number of aliphatic imine (C=N–C) groups is 1. The average molecular weight is 505 g/mol. The molecule has 4 rings (SSSR count). The number of rotatable bonds is 5. The number of hydrogen-bond donors (Lipinski definition) is 1. The van der Waals surface area contributed by atoms with Crippen molar-refractivity contribution in [1.82, 2.24) is 9.62 Å². The lowest BCUT2D eigenvalue weighted by atomic mass is 9.97. The molecule has 1 N–H and O–H groups in total. The first kappa shape index (κ1) is 26.9. The molecule has 9 heteroatoms. The number of anilines is 1. The second-order valence-electron chi connectivity index (χ2n) is 9.63. The number of benzene rings is 2. The Kier molecular flexibility index (Phi) is 8.11. The minimum atomic E-state index is -3.77. The fourth-order valence-electron chi connectivity index (χ4n) is 4.49. The van der Waals surface area contributed by atoms with E-state index in [2.05, 4.69) is 38.7 Å². The van der Waals surface area contributed by atoms with Crippen LogP contribution in [0.25, 0.3) is 0 Å². The number of piperazine rings is 1. The van der Waals surface area contributed by atoms with E-state index >= 15 is 0 Å². The molecule has 0 aromatic heterocycles. The van der Waals surface area contributed by atoms with E-state index < -0.39 is 32.7 Å². The summed E-state index contributed by atoms with van der Waals surface area (Å²) in [5, 5.41) is -0.808. The molecule has 0 bridgehead atoms. The lowest BCUT2D eigenvalue weighted by Crippen LogP contribution is -2.59. The first-order valence-electron chi connectivity index (χ1n) is 11.6. The number of amidine groups is 1. The molecule has 0 saturated carbocycles. The Morgan fingerprint density at radius 2 is 1.74 bits per heavy atom. The molecule has 2 aromatic rings. The topological polar surface area (TPSA) is 74.2 Å². The van der Waals surface area contributed by atoms with Gasteiger partial charge in [0.2, 0.25) is 10.0 Å². The number of hydrogen-bond acceptors (Lipinski definition) is 6. The third-order valence-electron chi connectivity index (χ3n) is 6.63. The molecule has 0 spiro atoms. The first-order valence-corrected chi connectivity index (χ1v) is 13.1. The molecule has 2 atom stereocenters. The highest BCUT2D eigenvalue weighted by atomic mass is 32.2. The van der Waals surface area contributed by atoms with Crippen LogP contribution in [-0.4, -0.2) is 63.4 Å². The highest BCUT2D eigenvalue weighted by Crippen LogP contribution is 2.30. The molecular formula is C26H37FN4O3S. The Morgan fingerprint density at radius 1 is 1.11 bits per heavy atom. The maximum atomic E-state index is 14.1. The normalized spacial score (nSPS) is 23.6. The Bertz CT molecular complexity index is 1140. The second-order valence-corrected chi connectivity index (χ2v) is 11.5. The Morgan fingerprint density at radius 3 is 2.34 bits per heavy atom. The summed E-state index contributed by atoms with van der Waals surface area (Å²) >= 11 is 0. The van der Waals surface area contributed by atoms with Gasteiger partial charge in [0.05, 0.1) is 6.04 Å². The van der Waals surface area contributed by atoms with Crippen molar-refractivity contribution in [2.24, 2.45) is 4.99 Å². The number of ether oxygens (including phenoxy) is 1. The van der Waals surface area contributed by atoms with Gasteiger partial charge in [0.15, 0.2) is 0 Å². The standard InChI is InChI=1S/C25H33FN4O3S.CH4/c1-18(21-7-5-6-8-22(21)26)27-24-28-34(31,32)23(25(2,3)33-24)17-19-9-11-20(12-10-19)30-15-13-29(4)14-16-30;/h5-12,18,23H,13-17H2,1-4H3,(H,27,28);1H4/t18-,23?;/m0./s1. The van der Waals surface area contributed by atoms with Crippen LogP contribution in [0, 0.1) is 5.82 Å². The second kappa shape index (κ2) is 10.5. The molecule has 35 heavy (non-hydrogen) atoms. The van der Waals surface area contributed by atoms with Crippen molar-refractivity contribution >= 4 is 21.7 Å². The number of nitrogens with one attached hydrogen (secondary N) is 1. The SMILES string of the molecule is C.C[C@H](N=C1NS(=O)(=O)C(Cc2ccc(N3CCN(C)CC3)cc2)C(C)(C)O1)c1ccccc1F. The monoisotopic (exact) mass is 504 g/mol. The first-order chi connectivity index (χ1) is 16.0. The lowest BCUT2D eigenvalue weighted by Gasteiger charge is -2.39. The summed E-state index contributed by atoms with van der Waals surface area (Å²) in [4.78, 5) is 8.97. The Hall–Kier alpha value is -2.65. The quantitative estimate of drug-likeness (QED) is 0.667. The van der Waals surface area contributed by atoms with Gasteiger partial charge in [-0.25, -0.2) is 22.5 Å². The van der Waals surface area contributed by atoms with Crippen LogP contribution in [0.1, 0.15) is 45.4 Å². The zero-order valence-electron chi connectivity index (χ0n) is 20.2. The summed E-state index contributed by atoms with van der Waals surface area (Å²) < 4.78 is 48.9. The Labute approximate surface area is 209 Å². The molecule has 2 fully saturated rings. The van der Waals surface area contributed by atoms with E-state index in [0.717, 1.165) is 37.4 Å². The fourth-order valence-corrected chi connectivity index (χ4v) is 6.18. The van der Waals surface area contributed by atoms with Crippen molar-refractivity contribution in [3.63, 3.8) is 0 Å². The summed E-state index contributed by atoms with van der Waals surface area (Å²) in [6.45, 7) is 9.20. The molecule has 2 aliphatic rings. The number of likely N-dealkylation sites (N-methyl/N-ethyl adjacent to an activating group) is 1. The summed E-state index contributed by atoms with van der Waals surface area (Å²) in [6.07, 6.45) is 0.307. The van der Waals surface area contributed by atoms with Gasteiger partial charge in [0.25, 0.3) is 6.02 Å². The molecule has 2 saturated heterocycles. The van der Waals surface area contributed by atoms with Crippen LogP contribution in [0.15, 0.2) is 53.5 Å².